The maximum Gasteiger partial charge on any atom is 0.338 e. The summed E-state index contributed by atoms with van der Waals surface area (Å²) in [4.78, 5) is 34.4. The fourth-order valence-electron chi connectivity index (χ4n) is 4.16. The highest BCUT2D eigenvalue weighted by atomic mass is 16.5. The maximum absolute atomic E-state index is 13.0. The summed E-state index contributed by atoms with van der Waals surface area (Å²) >= 11 is 0. The number of esters is 1. The average Bonchev–Trinajstić information content (AvgIpc) is 2.85. The minimum Gasteiger partial charge on any atom is -0.497 e. The van der Waals surface area contributed by atoms with Gasteiger partial charge in [0.1, 0.15) is 11.6 Å². The minimum absolute atomic E-state index is 0.247. The summed E-state index contributed by atoms with van der Waals surface area (Å²) in [6, 6.07) is 12.2. The molecule has 1 atom stereocenters. The number of nitrogens with zero attached hydrogens (tertiary/aromatic N) is 3. The van der Waals surface area contributed by atoms with Crippen LogP contribution in [0.25, 0.3) is 0 Å². The summed E-state index contributed by atoms with van der Waals surface area (Å²) in [7, 11) is 1.58. The van der Waals surface area contributed by atoms with Gasteiger partial charge in [-0.05, 0) is 36.8 Å². The molecule has 2 amide bonds. The van der Waals surface area contributed by atoms with Gasteiger partial charge in [-0.25, -0.2) is 14.6 Å². The first-order chi connectivity index (χ1) is 16.1. The van der Waals surface area contributed by atoms with Crippen molar-refractivity contribution in [3.8, 4) is 5.75 Å². The van der Waals surface area contributed by atoms with E-state index >= 15 is 0 Å². The zero-order chi connectivity index (χ0) is 23.2. The van der Waals surface area contributed by atoms with Crippen LogP contribution in [0.2, 0.25) is 0 Å². The smallest absolute Gasteiger partial charge is 0.338 e. The molecule has 1 aromatic heterocycles. The number of benzene rings is 1. The first kappa shape index (κ1) is 22.6. The number of rotatable bonds is 7. The fourth-order valence-corrected chi connectivity index (χ4v) is 4.16. The van der Waals surface area contributed by atoms with Gasteiger partial charge in [0.25, 0.3) is 0 Å². The van der Waals surface area contributed by atoms with E-state index in [0.717, 1.165) is 37.6 Å². The number of hydrogen-bond acceptors (Lipinski definition) is 7. The molecule has 2 aromatic rings. The van der Waals surface area contributed by atoms with Crippen molar-refractivity contribution in [1.82, 2.24) is 20.5 Å². The Hall–Kier alpha value is -3.59. The van der Waals surface area contributed by atoms with Crippen molar-refractivity contribution in [2.45, 2.75) is 13.0 Å². The van der Waals surface area contributed by atoms with Crippen LogP contribution in [0, 0.1) is 0 Å². The molecule has 0 bridgehead atoms. The predicted molar refractivity (Wildman–Crippen MR) is 124 cm³/mol. The van der Waals surface area contributed by atoms with Gasteiger partial charge in [-0.3, -0.25) is 4.90 Å². The Labute approximate surface area is 193 Å². The number of carbonyl (C=O) groups excluding carboxylic acids is 2. The summed E-state index contributed by atoms with van der Waals surface area (Å²) in [5.41, 5.74) is 1.73. The number of methoxy groups -OCH3 is 1. The highest BCUT2D eigenvalue weighted by molar-refractivity contribution is 5.95. The van der Waals surface area contributed by atoms with Gasteiger partial charge in [-0.15, -0.1) is 0 Å². The standard InChI is InChI=1S/C24H29N5O4/c1-3-33-23(30)21-19(16-28-11-13-29(14-12-28)20-9-4-5-10-25-20)26-24(31)27-22(21)17-7-6-8-18(15-17)32-2/h4-10,15,22H,3,11-14,16H2,1-2H3,(H2,26,27,31)/t22-/m1/s1. The molecule has 2 aliphatic heterocycles. The second kappa shape index (κ2) is 10.4. The number of amides is 2. The lowest BCUT2D eigenvalue weighted by Crippen LogP contribution is -2.52. The van der Waals surface area contributed by atoms with Crippen LogP contribution in [0.1, 0.15) is 18.5 Å². The van der Waals surface area contributed by atoms with Crippen LogP contribution in [-0.2, 0) is 9.53 Å². The monoisotopic (exact) mass is 451 g/mol. The summed E-state index contributed by atoms with van der Waals surface area (Å²) < 4.78 is 10.7. The van der Waals surface area contributed by atoms with Gasteiger partial charge in [0.2, 0.25) is 0 Å². The van der Waals surface area contributed by atoms with Crippen molar-refractivity contribution in [1.29, 1.82) is 0 Å². The third-order valence-electron chi connectivity index (χ3n) is 5.80. The molecular formula is C24H29N5O4. The molecule has 3 heterocycles. The highest BCUT2D eigenvalue weighted by Crippen LogP contribution is 2.30. The lowest BCUT2D eigenvalue weighted by atomic mass is 9.94. The number of pyridine rings is 1. The SMILES string of the molecule is CCOC(=O)C1=C(CN2CCN(c3ccccn3)CC2)NC(=O)N[C@@H]1c1cccc(OC)c1. The van der Waals surface area contributed by atoms with Gasteiger partial charge in [0.05, 0.1) is 25.3 Å². The molecule has 1 fully saturated rings. The van der Waals surface area contributed by atoms with Crippen LogP contribution in [0.4, 0.5) is 10.6 Å². The molecule has 4 rings (SSSR count). The Morgan fingerprint density at radius 2 is 1.97 bits per heavy atom. The van der Waals surface area contributed by atoms with Gasteiger partial charge in [-0.1, -0.05) is 18.2 Å². The van der Waals surface area contributed by atoms with Crippen LogP contribution in [0.3, 0.4) is 0 Å². The molecule has 2 N–H and O–H groups in total. The van der Waals surface area contributed by atoms with Crippen LogP contribution in [0.5, 0.6) is 5.75 Å². The molecule has 0 radical (unpaired) electrons. The van der Waals surface area contributed by atoms with Crippen LogP contribution < -0.4 is 20.3 Å². The number of urea groups is 1. The van der Waals surface area contributed by atoms with E-state index in [2.05, 4.69) is 25.4 Å². The molecule has 174 valence electrons. The third kappa shape index (κ3) is 5.25. The molecule has 0 aliphatic carbocycles. The van der Waals surface area contributed by atoms with Gasteiger partial charge >= 0.3 is 12.0 Å². The molecule has 33 heavy (non-hydrogen) atoms. The Morgan fingerprint density at radius 3 is 2.67 bits per heavy atom. The normalized spacial score (nSPS) is 19.0. The zero-order valence-electron chi connectivity index (χ0n) is 18.9. The average molecular weight is 452 g/mol. The molecule has 9 heteroatoms. The number of piperazine rings is 1. The maximum atomic E-state index is 13.0. The van der Waals surface area contributed by atoms with Crippen molar-refractivity contribution in [2.24, 2.45) is 0 Å². The Bertz CT molecular complexity index is 1020. The van der Waals surface area contributed by atoms with E-state index < -0.39 is 12.0 Å². The fraction of sp³-hybridized carbons (Fsp3) is 0.375. The van der Waals surface area contributed by atoms with Gasteiger partial charge in [0.15, 0.2) is 0 Å². The van der Waals surface area contributed by atoms with Gasteiger partial charge < -0.3 is 25.0 Å². The second-order valence-electron chi connectivity index (χ2n) is 7.87. The van der Waals surface area contributed by atoms with Gasteiger partial charge in [-0.2, -0.15) is 0 Å². The van der Waals surface area contributed by atoms with E-state index in [0.29, 0.717) is 23.6 Å². The lowest BCUT2D eigenvalue weighted by molar-refractivity contribution is -0.139. The molecular weight excluding hydrogens is 422 g/mol. The molecule has 0 spiro atoms. The van der Waals surface area contributed by atoms with Crippen molar-refractivity contribution >= 4 is 17.8 Å². The van der Waals surface area contributed by atoms with Crippen LogP contribution in [-0.4, -0.2) is 68.3 Å². The second-order valence-corrected chi connectivity index (χ2v) is 7.87. The number of nitrogens with one attached hydrogen (secondary N) is 2. The largest absolute Gasteiger partial charge is 0.497 e. The summed E-state index contributed by atoms with van der Waals surface area (Å²) in [5, 5.41) is 5.72. The zero-order valence-corrected chi connectivity index (χ0v) is 18.9. The number of ether oxygens (including phenoxy) is 2. The van der Waals surface area contributed by atoms with E-state index in [1.54, 1.807) is 20.2 Å². The van der Waals surface area contributed by atoms with E-state index in [1.807, 2.05) is 42.5 Å². The number of hydrogen-bond donors (Lipinski definition) is 2. The van der Waals surface area contributed by atoms with Crippen LogP contribution in [0.15, 0.2) is 59.9 Å². The number of aromatic nitrogens is 1. The highest BCUT2D eigenvalue weighted by Gasteiger charge is 2.35. The van der Waals surface area contributed by atoms with E-state index in [4.69, 9.17) is 9.47 Å². The summed E-state index contributed by atoms with van der Waals surface area (Å²) in [6.07, 6.45) is 1.79. The molecule has 0 unspecified atom stereocenters. The van der Waals surface area contributed by atoms with Crippen LogP contribution >= 0.6 is 0 Å². The first-order valence-corrected chi connectivity index (χ1v) is 11.1. The van der Waals surface area contributed by atoms with Crippen molar-refractivity contribution in [2.75, 3.05) is 51.3 Å². The van der Waals surface area contributed by atoms with E-state index in [1.165, 1.54) is 0 Å². The number of anilines is 1. The Balaban J connectivity index is 1.57. The summed E-state index contributed by atoms with van der Waals surface area (Å²) in [5.74, 6) is 1.16. The third-order valence-corrected chi connectivity index (χ3v) is 5.80. The molecule has 2 aliphatic rings. The molecule has 1 aromatic carbocycles. The van der Waals surface area contributed by atoms with Crippen molar-refractivity contribution in [3.63, 3.8) is 0 Å². The minimum atomic E-state index is -0.627. The molecule has 0 saturated carbocycles. The Kier molecular flexibility index (Phi) is 7.09. The quantitative estimate of drug-likeness (QED) is 0.623. The Morgan fingerprint density at radius 1 is 1.15 bits per heavy atom. The summed E-state index contributed by atoms with van der Waals surface area (Å²) in [6.45, 7) is 5.64. The lowest BCUT2D eigenvalue weighted by Gasteiger charge is -2.37. The topological polar surface area (TPSA) is 96.0 Å². The molecule has 9 nitrogen and oxygen atoms in total. The van der Waals surface area contributed by atoms with E-state index in [-0.39, 0.29) is 12.6 Å². The predicted octanol–water partition coefficient (Wildman–Crippen LogP) is 2.08. The van der Waals surface area contributed by atoms with Crippen molar-refractivity contribution in [3.05, 3.63) is 65.5 Å². The first-order valence-electron chi connectivity index (χ1n) is 11.1. The van der Waals surface area contributed by atoms with Gasteiger partial charge in [0, 0.05) is 44.6 Å². The van der Waals surface area contributed by atoms with E-state index in [9.17, 15) is 9.59 Å². The number of carbonyl (C=O) groups is 2. The molecule has 1 saturated heterocycles. The van der Waals surface area contributed by atoms with Crippen molar-refractivity contribution < 1.29 is 19.1 Å².